The molecule has 2 aliphatic rings. The number of hydrogen-bond acceptors (Lipinski definition) is 7. The Morgan fingerprint density at radius 2 is 2.24 bits per heavy atom. The fourth-order valence-corrected chi connectivity index (χ4v) is 2.98. The fourth-order valence-electron chi connectivity index (χ4n) is 2.98. The Kier molecular flexibility index (Phi) is 5.10. The zero-order chi connectivity index (χ0) is 18.0. The van der Waals surface area contributed by atoms with Gasteiger partial charge in [-0.2, -0.15) is 0 Å². The number of aliphatic hydroxyl groups is 1. The molecule has 2 heterocycles. The van der Waals surface area contributed by atoms with Crippen molar-refractivity contribution in [1.82, 2.24) is 5.32 Å². The molecule has 1 aromatic rings. The molecule has 25 heavy (non-hydrogen) atoms. The Morgan fingerprint density at radius 1 is 1.44 bits per heavy atom. The van der Waals surface area contributed by atoms with Gasteiger partial charge in [-0.1, -0.05) is 6.07 Å². The lowest BCUT2D eigenvalue weighted by Gasteiger charge is -2.19. The van der Waals surface area contributed by atoms with Crippen LogP contribution in [0.1, 0.15) is 27.9 Å². The first-order valence-electron chi connectivity index (χ1n) is 8.06. The Hall–Kier alpha value is -1.94. The van der Waals surface area contributed by atoms with Crippen LogP contribution in [0.4, 0.5) is 0 Å². The van der Waals surface area contributed by atoms with E-state index in [0.717, 1.165) is 5.56 Å². The van der Waals surface area contributed by atoms with Crippen LogP contribution in [0.15, 0.2) is 12.1 Å². The smallest absolute Gasteiger partial charge is 0.461 e. The number of ether oxygens (including phenoxy) is 2. The van der Waals surface area contributed by atoms with Crippen LogP contribution in [0, 0.1) is 6.92 Å². The summed E-state index contributed by atoms with van der Waals surface area (Å²) in [6.07, 6.45) is 0.408. The molecule has 0 aliphatic carbocycles. The van der Waals surface area contributed by atoms with Crippen LogP contribution in [0.5, 0.6) is 0 Å². The van der Waals surface area contributed by atoms with Crippen LogP contribution in [0.3, 0.4) is 0 Å². The summed E-state index contributed by atoms with van der Waals surface area (Å²) in [6.45, 7) is 2.11. The molecule has 1 unspecified atom stereocenters. The SMILES string of the molecule is Cc1c(C(=O)NCC(=O)OCC2(O)CCOC2)ccc2c1B(O)OC2. The molecule has 0 radical (unpaired) electrons. The first-order chi connectivity index (χ1) is 11.9. The third kappa shape index (κ3) is 3.85. The predicted octanol–water partition coefficient (Wildman–Crippen LogP) is -1.36. The monoisotopic (exact) mass is 349 g/mol. The maximum absolute atomic E-state index is 12.3. The van der Waals surface area contributed by atoms with Crippen molar-refractivity contribution in [3.8, 4) is 0 Å². The van der Waals surface area contributed by atoms with E-state index in [1.807, 2.05) is 0 Å². The third-order valence-electron chi connectivity index (χ3n) is 4.47. The highest BCUT2D eigenvalue weighted by atomic mass is 16.6. The minimum absolute atomic E-state index is 0.130. The normalized spacial score (nSPS) is 22.0. The largest absolute Gasteiger partial charge is 0.492 e. The van der Waals surface area contributed by atoms with E-state index in [9.17, 15) is 19.7 Å². The summed E-state index contributed by atoms with van der Waals surface area (Å²) in [5.74, 6) is -1.09. The van der Waals surface area contributed by atoms with Crippen molar-refractivity contribution in [2.24, 2.45) is 0 Å². The summed E-state index contributed by atoms with van der Waals surface area (Å²) in [7, 11) is -1.04. The number of carbonyl (C=O) groups excluding carboxylic acids is 2. The summed E-state index contributed by atoms with van der Waals surface area (Å²) < 4.78 is 15.2. The van der Waals surface area contributed by atoms with Gasteiger partial charge in [-0.15, -0.1) is 0 Å². The van der Waals surface area contributed by atoms with Crippen molar-refractivity contribution in [2.45, 2.75) is 25.6 Å². The van der Waals surface area contributed by atoms with Crippen molar-refractivity contribution in [3.63, 3.8) is 0 Å². The zero-order valence-electron chi connectivity index (χ0n) is 13.9. The van der Waals surface area contributed by atoms with E-state index >= 15 is 0 Å². The maximum atomic E-state index is 12.3. The van der Waals surface area contributed by atoms with E-state index in [1.165, 1.54) is 0 Å². The van der Waals surface area contributed by atoms with E-state index in [0.29, 0.717) is 36.2 Å². The van der Waals surface area contributed by atoms with Gasteiger partial charge in [-0.05, 0) is 29.6 Å². The van der Waals surface area contributed by atoms with Gasteiger partial charge in [0.25, 0.3) is 5.91 Å². The highest BCUT2D eigenvalue weighted by Crippen LogP contribution is 2.18. The van der Waals surface area contributed by atoms with Gasteiger partial charge >= 0.3 is 13.1 Å². The van der Waals surface area contributed by atoms with Crippen LogP contribution < -0.4 is 10.8 Å². The maximum Gasteiger partial charge on any atom is 0.492 e. The molecule has 1 atom stereocenters. The van der Waals surface area contributed by atoms with Crippen molar-refractivity contribution >= 4 is 24.5 Å². The average molecular weight is 349 g/mol. The number of fused-ring (bicyclic) bond motifs is 1. The molecule has 1 saturated heterocycles. The van der Waals surface area contributed by atoms with Gasteiger partial charge in [0.15, 0.2) is 0 Å². The van der Waals surface area contributed by atoms with Crippen LogP contribution in [0.2, 0.25) is 0 Å². The van der Waals surface area contributed by atoms with Gasteiger partial charge in [0, 0.05) is 18.6 Å². The molecular formula is C16H20BNO7. The van der Waals surface area contributed by atoms with E-state index in [4.69, 9.17) is 14.1 Å². The van der Waals surface area contributed by atoms with Gasteiger partial charge in [0.2, 0.25) is 0 Å². The van der Waals surface area contributed by atoms with E-state index in [-0.39, 0.29) is 19.8 Å². The van der Waals surface area contributed by atoms with Crippen LogP contribution in [-0.2, 0) is 25.5 Å². The van der Waals surface area contributed by atoms with Gasteiger partial charge in [0.05, 0.1) is 13.2 Å². The van der Waals surface area contributed by atoms with Crippen LogP contribution in [0.25, 0.3) is 0 Å². The molecule has 1 fully saturated rings. The van der Waals surface area contributed by atoms with Crippen molar-refractivity contribution in [3.05, 3.63) is 28.8 Å². The van der Waals surface area contributed by atoms with Crippen LogP contribution in [-0.4, -0.2) is 61.1 Å². The molecule has 134 valence electrons. The van der Waals surface area contributed by atoms with Crippen molar-refractivity contribution in [2.75, 3.05) is 26.4 Å². The van der Waals surface area contributed by atoms with Gasteiger partial charge in [-0.25, -0.2) is 0 Å². The van der Waals surface area contributed by atoms with Crippen molar-refractivity contribution < 1.29 is 33.8 Å². The molecule has 3 rings (SSSR count). The highest BCUT2D eigenvalue weighted by molar-refractivity contribution is 6.62. The minimum atomic E-state index is -1.15. The number of hydrogen-bond donors (Lipinski definition) is 3. The Morgan fingerprint density at radius 3 is 2.96 bits per heavy atom. The van der Waals surface area contributed by atoms with Gasteiger partial charge in [-0.3, -0.25) is 9.59 Å². The quantitative estimate of drug-likeness (QED) is 0.444. The second-order valence-corrected chi connectivity index (χ2v) is 6.34. The minimum Gasteiger partial charge on any atom is -0.461 e. The summed E-state index contributed by atoms with van der Waals surface area (Å²) >= 11 is 0. The summed E-state index contributed by atoms with van der Waals surface area (Å²) in [4.78, 5) is 24.0. The lowest BCUT2D eigenvalue weighted by atomic mass is 9.75. The summed E-state index contributed by atoms with van der Waals surface area (Å²) in [5, 5.41) is 22.3. The summed E-state index contributed by atoms with van der Waals surface area (Å²) in [6, 6.07) is 3.36. The molecule has 3 N–H and O–H groups in total. The number of carbonyl (C=O) groups is 2. The molecule has 0 aromatic heterocycles. The molecule has 2 aliphatic heterocycles. The first-order valence-corrected chi connectivity index (χ1v) is 8.06. The molecule has 1 aromatic carbocycles. The standard InChI is InChI=1S/C16H20BNO7/c1-10-12(3-2-11-7-25-17(22)14(10)11)15(20)18-6-13(19)24-9-16(21)4-5-23-8-16/h2-3,21-22H,4-9H2,1H3,(H,18,20). The van der Waals surface area contributed by atoms with E-state index < -0.39 is 24.6 Å². The molecule has 1 amide bonds. The molecule has 0 saturated carbocycles. The zero-order valence-corrected chi connectivity index (χ0v) is 13.9. The molecular weight excluding hydrogens is 329 g/mol. The summed E-state index contributed by atoms with van der Waals surface area (Å²) in [5.41, 5.74) is 1.27. The van der Waals surface area contributed by atoms with Gasteiger partial charge in [0.1, 0.15) is 18.8 Å². The van der Waals surface area contributed by atoms with Crippen LogP contribution >= 0.6 is 0 Å². The number of benzene rings is 1. The number of nitrogens with one attached hydrogen (secondary N) is 1. The van der Waals surface area contributed by atoms with E-state index in [1.54, 1.807) is 19.1 Å². The Labute approximate surface area is 145 Å². The predicted molar refractivity (Wildman–Crippen MR) is 87.3 cm³/mol. The van der Waals surface area contributed by atoms with Gasteiger partial charge < -0.3 is 29.6 Å². The van der Waals surface area contributed by atoms with E-state index in [2.05, 4.69) is 5.32 Å². The molecule has 8 nitrogen and oxygen atoms in total. The third-order valence-corrected chi connectivity index (χ3v) is 4.47. The lowest BCUT2D eigenvalue weighted by molar-refractivity contribution is -0.150. The van der Waals surface area contributed by atoms with Crippen molar-refractivity contribution in [1.29, 1.82) is 0 Å². The second kappa shape index (κ2) is 7.13. The molecule has 0 bridgehead atoms. The molecule has 0 spiro atoms. The Bertz CT molecular complexity index is 687. The fraction of sp³-hybridized carbons (Fsp3) is 0.500. The Balaban J connectivity index is 1.54. The first kappa shape index (κ1) is 17.9. The number of amides is 1. The second-order valence-electron chi connectivity index (χ2n) is 6.34. The highest BCUT2D eigenvalue weighted by Gasteiger charge is 2.34. The number of esters is 1. The number of rotatable bonds is 5. The average Bonchev–Trinajstić information content (AvgIpc) is 3.18. The molecule has 9 heteroatoms. The topological polar surface area (TPSA) is 114 Å². The lowest BCUT2D eigenvalue weighted by Crippen LogP contribution is -2.39.